The first-order valence-electron chi connectivity index (χ1n) is 12.7. The Labute approximate surface area is 221 Å². The van der Waals surface area contributed by atoms with Gasteiger partial charge in [-0.2, -0.15) is 8.42 Å². The van der Waals surface area contributed by atoms with E-state index in [2.05, 4.69) is 4.98 Å². The van der Waals surface area contributed by atoms with Gasteiger partial charge in [-0.3, -0.25) is 14.2 Å². The molecule has 202 valence electrons. The van der Waals surface area contributed by atoms with E-state index in [0.29, 0.717) is 18.7 Å². The van der Waals surface area contributed by atoms with Crippen molar-refractivity contribution in [3.05, 3.63) is 87.9 Å². The van der Waals surface area contributed by atoms with E-state index < -0.39 is 33.0 Å². The van der Waals surface area contributed by atoms with Gasteiger partial charge < -0.3 is 8.92 Å². The number of aromatic nitrogens is 2. The number of ketones is 1. The molecule has 2 aromatic carbocycles. The zero-order chi connectivity index (χ0) is 27.3. The summed E-state index contributed by atoms with van der Waals surface area (Å²) in [6, 6.07) is 13.2. The van der Waals surface area contributed by atoms with Crippen LogP contribution < -0.4 is 9.74 Å². The molecule has 2 atom stereocenters. The second-order valence-electron chi connectivity index (χ2n) is 9.38. The average Bonchev–Trinajstić information content (AvgIpc) is 3.09. The largest absolute Gasteiger partial charge is 0.380 e. The molecule has 3 aromatic rings. The molecule has 0 aliphatic carbocycles. The van der Waals surface area contributed by atoms with Gasteiger partial charge in [0.15, 0.2) is 11.5 Å². The molecule has 1 aromatic heterocycles. The Morgan fingerprint density at radius 1 is 1.11 bits per heavy atom. The number of aryl methyl sites for hydroxylation is 1. The monoisotopic (exact) mass is 542 g/mol. The summed E-state index contributed by atoms with van der Waals surface area (Å²) in [7, 11) is -2.86. The van der Waals surface area contributed by atoms with E-state index in [9.17, 15) is 22.4 Å². The number of Topliss-reactive ketones (excluding diaryl/α,β-unsaturated/α-hetero) is 1. The lowest BCUT2D eigenvalue weighted by atomic mass is 9.96. The van der Waals surface area contributed by atoms with E-state index in [1.807, 2.05) is 6.92 Å². The molecule has 1 aliphatic heterocycles. The van der Waals surface area contributed by atoms with E-state index in [0.717, 1.165) is 18.4 Å². The number of rotatable bonds is 10. The number of nitrogens with zero attached hydrogens (tertiary/aromatic N) is 2. The summed E-state index contributed by atoms with van der Waals surface area (Å²) in [6.07, 6.45) is 2.91. The highest BCUT2D eigenvalue weighted by Crippen LogP contribution is 2.31. The van der Waals surface area contributed by atoms with Crippen LogP contribution in [0.3, 0.4) is 0 Å². The normalized spacial score (nSPS) is 17.4. The van der Waals surface area contributed by atoms with E-state index in [-0.39, 0.29) is 42.0 Å². The van der Waals surface area contributed by atoms with Crippen LogP contribution in [0.1, 0.15) is 66.8 Å². The van der Waals surface area contributed by atoms with Crippen LogP contribution in [-0.4, -0.2) is 37.0 Å². The fraction of sp³-hybridized carbons (Fsp3) is 0.393. The standard InChI is InChI=1S/C28H31FN2O6S/c1-3-7-20-13-16-22(36-2)18-31-27(20)30-25(24(32)17-12-19-10-14-21(29)15-11-19)26(28(31)33)37-38(34,35)23-8-5-4-6-9-23/h4-6,8-11,14-15,20,22H,3,7,12-13,16-18H2,1-2H3/t20?,22-/m0/s1. The number of hydrogen-bond donors (Lipinski definition) is 0. The predicted octanol–water partition coefficient (Wildman–Crippen LogP) is 4.66. The molecular formula is C28H31FN2O6S. The Hall–Kier alpha value is -3.37. The lowest BCUT2D eigenvalue weighted by molar-refractivity contribution is 0.0810. The van der Waals surface area contributed by atoms with E-state index in [1.165, 1.54) is 41.0 Å². The van der Waals surface area contributed by atoms with Crippen molar-refractivity contribution < 1.29 is 26.5 Å². The minimum absolute atomic E-state index is 0.0671. The second kappa shape index (κ2) is 12.0. The Kier molecular flexibility index (Phi) is 8.73. The van der Waals surface area contributed by atoms with Crippen molar-refractivity contribution >= 4 is 15.9 Å². The first-order chi connectivity index (χ1) is 18.2. The maximum atomic E-state index is 13.8. The third kappa shape index (κ3) is 6.19. The summed E-state index contributed by atoms with van der Waals surface area (Å²) < 4.78 is 51.8. The molecule has 1 unspecified atom stereocenters. The molecule has 0 N–H and O–H groups in total. The van der Waals surface area contributed by atoms with Crippen molar-refractivity contribution in [1.29, 1.82) is 0 Å². The number of hydrogen-bond acceptors (Lipinski definition) is 7. The molecule has 4 rings (SSSR count). The van der Waals surface area contributed by atoms with Crippen molar-refractivity contribution in [2.24, 2.45) is 0 Å². The fourth-order valence-electron chi connectivity index (χ4n) is 4.70. The first kappa shape index (κ1) is 27.7. The highest BCUT2D eigenvalue weighted by Gasteiger charge is 2.32. The fourth-order valence-corrected chi connectivity index (χ4v) is 5.66. The molecule has 0 spiro atoms. The first-order valence-corrected chi connectivity index (χ1v) is 14.1. The Bertz CT molecular complexity index is 1440. The Morgan fingerprint density at radius 3 is 2.47 bits per heavy atom. The van der Waals surface area contributed by atoms with Gasteiger partial charge in [0, 0.05) is 19.4 Å². The third-order valence-electron chi connectivity index (χ3n) is 6.76. The summed E-state index contributed by atoms with van der Waals surface area (Å²) in [4.78, 5) is 31.7. The van der Waals surface area contributed by atoms with E-state index in [1.54, 1.807) is 25.3 Å². The van der Waals surface area contributed by atoms with Gasteiger partial charge in [-0.25, -0.2) is 9.37 Å². The number of benzene rings is 2. The van der Waals surface area contributed by atoms with Crippen LogP contribution in [0, 0.1) is 5.82 Å². The summed E-state index contributed by atoms with van der Waals surface area (Å²) in [5.41, 5.74) is -0.318. The smallest absolute Gasteiger partial charge is 0.339 e. The third-order valence-corrected chi connectivity index (χ3v) is 7.99. The summed E-state index contributed by atoms with van der Waals surface area (Å²) in [5.74, 6) is -1.20. The van der Waals surface area contributed by atoms with Gasteiger partial charge in [-0.05, 0) is 55.5 Å². The molecular weight excluding hydrogens is 511 g/mol. The minimum atomic E-state index is -4.42. The van der Waals surface area contributed by atoms with Crippen LogP contribution >= 0.6 is 0 Å². The van der Waals surface area contributed by atoms with Gasteiger partial charge in [0.25, 0.3) is 5.56 Å². The lowest BCUT2D eigenvalue weighted by Gasteiger charge is -2.20. The Morgan fingerprint density at radius 2 is 1.82 bits per heavy atom. The van der Waals surface area contributed by atoms with Crippen molar-refractivity contribution in [2.75, 3.05) is 7.11 Å². The Balaban J connectivity index is 1.81. The number of halogens is 1. The highest BCUT2D eigenvalue weighted by atomic mass is 32.2. The molecule has 1 aliphatic rings. The molecule has 0 saturated heterocycles. The maximum absolute atomic E-state index is 13.8. The second-order valence-corrected chi connectivity index (χ2v) is 10.9. The zero-order valence-electron chi connectivity index (χ0n) is 21.4. The van der Waals surface area contributed by atoms with E-state index >= 15 is 0 Å². The summed E-state index contributed by atoms with van der Waals surface area (Å²) in [5, 5.41) is 0. The molecule has 0 fully saturated rings. The molecule has 2 heterocycles. The van der Waals surface area contributed by atoms with Gasteiger partial charge in [0.1, 0.15) is 16.5 Å². The molecule has 10 heteroatoms. The van der Waals surface area contributed by atoms with E-state index in [4.69, 9.17) is 8.92 Å². The van der Waals surface area contributed by atoms with Crippen molar-refractivity contribution in [1.82, 2.24) is 9.55 Å². The van der Waals surface area contributed by atoms with Crippen LogP contribution in [0.2, 0.25) is 0 Å². The van der Waals surface area contributed by atoms with Crippen molar-refractivity contribution in [2.45, 2.75) is 68.9 Å². The maximum Gasteiger partial charge on any atom is 0.339 e. The van der Waals surface area contributed by atoms with Crippen LogP contribution in [0.5, 0.6) is 5.75 Å². The summed E-state index contributed by atoms with van der Waals surface area (Å²) >= 11 is 0. The number of methoxy groups -OCH3 is 1. The molecule has 0 radical (unpaired) electrons. The minimum Gasteiger partial charge on any atom is -0.380 e. The number of carbonyl (C=O) groups excluding carboxylic acids is 1. The number of fused-ring (bicyclic) bond motifs is 1. The van der Waals surface area contributed by atoms with Crippen molar-refractivity contribution in [3.63, 3.8) is 0 Å². The number of ether oxygens (including phenoxy) is 1. The van der Waals surface area contributed by atoms with Gasteiger partial charge in [0.2, 0.25) is 5.75 Å². The lowest BCUT2D eigenvalue weighted by Crippen LogP contribution is -2.33. The van der Waals surface area contributed by atoms with Gasteiger partial charge >= 0.3 is 10.1 Å². The quantitative estimate of drug-likeness (QED) is 0.271. The van der Waals surface area contributed by atoms with Crippen LogP contribution in [0.4, 0.5) is 4.39 Å². The zero-order valence-corrected chi connectivity index (χ0v) is 22.2. The molecule has 0 bridgehead atoms. The average molecular weight is 543 g/mol. The highest BCUT2D eigenvalue weighted by molar-refractivity contribution is 7.87. The topological polar surface area (TPSA) is 105 Å². The van der Waals surface area contributed by atoms with Crippen molar-refractivity contribution in [3.8, 4) is 5.75 Å². The van der Waals surface area contributed by atoms with Gasteiger partial charge in [-0.15, -0.1) is 0 Å². The molecule has 0 saturated carbocycles. The molecule has 8 nitrogen and oxygen atoms in total. The predicted molar refractivity (Wildman–Crippen MR) is 139 cm³/mol. The number of carbonyl (C=O) groups is 1. The summed E-state index contributed by atoms with van der Waals surface area (Å²) in [6.45, 7) is 2.20. The van der Waals surface area contributed by atoms with Crippen LogP contribution in [0.25, 0.3) is 0 Å². The van der Waals surface area contributed by atoms with Gasteiger partial charge in [0.05, 0.1) is 12.6 Å². The molecule has 0 amide bonds. The van der Waals surface area contributed by atoms with Gasteiger partial charge in [-0.1, -0.05) is 43.7 Å². The SMILES string of the molecule is CCCC1CC[C@H](OC)Cn2c1nc(C(=O)CCc1ccc(F)cc1)c(OS(=O)(=O)c1ccccc1)c2=O. The van der Waals surface area contributed by atoms with Crippen LogP contribution in [0.15, 0.2) is 64.3 Å². The molecule has 38 heavy (non-hydrogen) atoms. The van der Waals surface area contributed by atoms with Crippen LogP contribution in [-0.2, 0) is 27.8 Å².